The fourth-order valence-electron chi connectivity index (χ4n) is 3.44. The standard InChI is InChI=1S/C27H29FN2O3/c1-4-23(19-8-6-5-7-9-19)26(20-10-15-25(31)24(28)18-20)27(32)29-21-11-13-22(14-12-21)33-17-16-30(2)3/h5-15,18,31H,4,16-17H2,1-3H3,(H,29,32). The van der Waals surface area contributed by atoms with Crippen LogP contribution in [0.2, 0.25) is 0 Å². The van der Waals surface area contributed by atoms with Crippen molar-refractivity contribution in [2.45, 2.75) is 13.3 Å². The number of amides is 1. The Kier molecular flexibility index (Phi) is 8.22. The normalized spacial score (nSPS) is 11.8. The van der Waals surface area contributed by atoms with Gasteiger partial charge in [0.2, 0.25) is 0 Å². The van der Waals surface area contributed by atoms with E-state index in [0.717, 1.165) is 17.7 Å². The molecule has 0 atom stereocenters. The molecule has 0 aromatic heterocycles. The number of hydrogen-bond acceptors (Lipinski definition) is 4. The van der Waals surface area contributed by atoms with Crippen molar-refractivity contribution in [3.05, 3.63) is 89.7 Å². The predicted molar refractivity (Wildman–Crippen MR) is 131 cm³/mol. The molecule has 172 valence electrons. The van der Waals surface area contributed by atoms with Crippen LogP contribution in [0.5, 0.6) is 11.5 Å². The average Bonchev–Trinajstić information content (AvgIpc) is 2.80. The molecule has 3 rings (SSSR count). The number of anilines is 1. The van der Waals surface area contributed by atoms with Crippen molar-refractivity contribution >= 4 is 22.7 Å². The largest absolute Gasteiger partial charge is 0.505 e. The number of rotatable bonds is 9. The van der Waals surface area contributed by atoms with Crippen LogP contribution in [0, 0.1) is 5.82 Å². The summed E-state index contributed by atoms with van der Waals surface area (Å²) in [7, 11) is 3.96. The Morgan fingerprint density at radius 2 is 1.70 bits per heavy atom. The smallest absolute Gasteiger partial charge is 0.256 e. The van der Waals surface area contributed by atoms with E-state index in [1.165, 1.54) is 12.1 Å². The van der Waals surface area contributed by atoms with Crippen LogP contribution < -0.4 is 10.1 Å². The number of phenols is 1. The summed E-state index contributed by atoms with van der Waals surface area (Å²) < 4.78 is 19.9. The third-order valence-corrected chi connectivity index (χ3v) is 5.16. The van der Waals surface area contributed by atoms with Gasteiger partial charge in [0.1, 0.15) is 12.4 Å². The van der Waals surface area contributed by atoms with Crippen molar-refractivity contribution in [2.75, 3.05) is 32.6 Å². The Balaban J connectivity index is 1.91. The SMILES string of the molecule is CCC(=C(C(=O)Nc1ccc(OCCN(C)C)cc1)c1ccc(O)c(F)c1)c1ccccc1. The first-order chi connectivity index (χ1) is 15.9. The number of hydrogen-bond donors (Lipinski definition) is 2. The van der Waals surface area contributed by atoms with Gasteiger partial charge in [-0.25, -0.2) is 4.39 Å². The van der Waals surface area contributed by atoms with Gasteiger partial charge in [0.25, 0.3) is 5.91 Å². The Morgan fingerprint density at radius 1 is 1.00 bits per heavy atom. The highest BCUT2D eigenvalue weighted by molar-refractivity contribution is 6.31. The summed E-state index contributed by atoms with van der Waals surface area (Å²) in [6.45, 7) is 3.32. The van der Waals surface area contributed by atoms with Crippen molar-refractivity contribution < 1.29 is 19.0 Å². The molecule has 3 aromatic carbocycles. The second-order valence-corrected chi connectivity index (χ2v) is 7.87. The molecule has 0 fully saturated rings. The minimum Gasteiger partial charge on any atom is -0.505 e. The molecule has 6 heteroatoms. The number of aromatic hydroxyl groups is 1. The van der Waals surface area contributed by atoms with Gasteiger partial charge in [-0.1, -0.05) is 43.3 Å². The van der Waals surface area contributed by atoms with Crippen LogP contribution in [0.3, 0.4) is 0 Å². The molecule has 0 aliphatic rings. The molecular formula is C27H29FN2O3. The Labute approximate surface area is 194 Å². The van der Waals surface area contributed by atoms with Crippen LogP contribution >= 0.6 is 0 Å². The molecular weight excluding hydrogens is 419 g/mol. The summed E-state index contributed by atoms with van der Waals surface area (Å²) in [5.74, 6) is -0.881. The summed E-state index contributed by atoms with van der Waals surface area (Å²) in [5.41, 5.74) is 3.01. The second kappa shape index (κ2) is 11.3. The van der Waals surface area contributed by atoms with E-state index in [-0.39, 0.29) is 5.91 Å². The number of halogens is 1. The summed E-state index contributed by atoms with van der Waals surface area (Å²) >= 11 is 0. The fraction of sp³-hybridized carbons (Fsp3) is 0.222. The first kappa shape index (κ1) is 24.0. The Hall–Kier alpha value is -3.64. The summed E-state index contributed by atoms with van der Waals surface area (Å²) in [4.78, 5) is 15.5. The van der Waals surface area contributed by atoms with Gasteiger partial charge in [-0.3, -0.25) is 4.79 Å². The summed E-state index contributed by atoms with van der Waals surface area (Å²) in [6.07, 6.45) is 0.563. The summed E-state index contributed by atoms with van der Waals surface area (Å²) in [6, 6.07) is 20.7. The maximum absolute atomic E-state index is 14.2. The van der Waals surface area contributed by atoms with Crippen LogP contribution in [0.25, 0.3) is 11.1 Å². The number of likely N-dealkylation sites (N-methyl/N-ethyl adjacent to an activating group) is 1. The average molecular weight is 449 g/mol. The minimum absolute atomic E-state index is 0.355. The Bertz CT molecular complexity index is 1110. The molecule has 0 heterocycles. The van der Waals surface area contributed by atoms with Crippen LogP contribution in [-0.4, -0.2) is 43.2 Å². The lowest BCUT2D eigenvalue weighted by Crippen LogP contribution is -2.19. The topological polar surface area (TPSA) is 61.8 Å². The quantitative estimate of drug-likeness (QED) is 0.338. The van der Waals surface area contributed by atoms with Crippen LogP contribution in [-0.2, 0) is 4.79 Å². The third-order valence-electron chi connectivity index (χ3n) is 5.16. The van der Waals surface area contributed by atoms with E-state index < -0.39 is 11.6 Å². The van der Waals surface area contributed by atoms with E-state index in [4.69, 9.17) is 4.74 Å². The van der Waals surface area contributed by atoms with Crippen LogP contribution in [0.1, 0.15) is 24.5 Å². The van der Waals surface area contributed by atoms with Crippen molar-refractivity contribution in [1.29, 1.82) is 0 Å². The van der Waals surface area contributed by atoms with Gasteiger partial charge in [0.15, 0.2) is 11.6 Å². The molecule has 0 bridgehead atoms. The molecule has 0 aliphatic carbocycles. The molecule has 3 aromatic rings. The molecule has 33 heavy (non-hydrogen) atoms. The van der Waals surface area contributed by atoms with Crippen molar-refractivity contribution in [2.24, 2.45) is 0 Å². The van der Waals surface area contributed by atoms with Crippen molar-refractivity contribution in [1.82, 2.24) is 4.90 Å². The van der Waals surface area contributed by atoms with Crippen molar-refractivity contribution in [3.63, 3.8) is 0 Å². The molecule has 0 radical (unpaired) electrons. The highest BCUT2D eigenvalue weighted by Gasteiger charge is 2.20. The number of ether oxygens (including phenoxy) is 1. The highest BCUT2D eigenvalue weighted by atomic mass is 19.1. The first-order valence-electron chi connectivity index (χ1n) is 10.9. The molecule has 0 saturated carbocycles. The number of phenolic OH excluding ortho intramolecular Hbond substituents is 1. The molecule has 0 spiro atoms. The molecule has 1 amide bonds. The van der Waals surface area contributed by atoms with E-state index in [9.17, 15) is 14.3 Å². The lowest BCUT2D eigenvalue weighted by atomic mass is 9.92. The van der Waals surface area contributed by atoms with Crippen LogP contribution in [0.4, 0.5) is 10.1 Å². The van der Waals surface area contributed by atoms with E-state index in [0.29, 0.717) is 35.6 Å². The Morgan fingerprint density at radius 3 is 2.30 bits per heavy atom. The zero-order valence-corrected chi connectivity index (χ0v) is 19.1. The van der Waals surface area contributed by atoms with E-state index in [1.807, 2.05) is 56.3 Å². The molecule has 5 nitrogen and oxygen atoms in total. The second-order valence-electron chi connectivity index (χ2n) is 7.87. The van der Waals surface area contributed by atoms with Gasteiger partial charge >= 0.3 is 0 Å². The maximum Gasteiger partial charge on any atom is 0.256 e. The van der Waals surface area contributed by atoms with Crippen LogP contribution in [0.15, 0.2) is 72.8 Å². The van der Waals surface area contributed by atoms with Gasteiger partial charge in [0.05, 0.1) is 5.57 Å². The number of carbonyl (C=O) groups is 1. The van der Waals surface area contributed by atoms with Crippen molar-refractivity contribution in [3.8, 4) is 11.5 Å². The number of carbonyl (C=O) groups excluding carboxylic acids is 1. The summed E-state index contributed by atoms with van der Waals surface area (Å²) in [5, 5.41) is 12.5. The van der Waals surface area contributed by atoms with Gasteiger partial charge in [-0.15, -0.1) is 0 Å². The van der Waals surface area contributed by atoms with E-state index in [2.05, 4.69) is 5.32 Å². The predicted octanol–water partition coefficient (Wildman–Crippen LogP) is 5.43. The minimum atomic E-state index is -0.777. The fourth-order valence-corrected chi connectivity index (χ4v) is 3.44. The van der Waals surface area contributed by atoms with E-state index >= 15 is 0 Å². The number of nitrogens with one attached hydrogen (secondary N) is 1. The highest BCUT2D eigenvalue weighted by Crippen LogP contribution is 2.32. The number of allylic oxidation sites excluding steroid dienone is 1. The van der Waals surface area contributed by atoms with Gasteiger partial charge in [-0.05, 0) is 73.6 Å². The number of nitrogens with zero attached hydrogens (tertiary/aromatic N) is 1. The molecule has 0 unspecified atom stereocenters. The van der Waals surface area contributed by atoms with Gasteiger partial charge in [0, 0.05) is 12.2 Å². The molecule has 2 N–H and O–H groups in total. The first-order valence-corrected chi connectivity index (χ1v) is 10.9. The molecule has 0 saturated heterocycles. The third kappa shape index (κ3) is 6.43. The zero-order chi connectivity index (χ0) is 23.8. The maximum atomic E-state index is 14.2. The van der Waals surface area contributed by atoms with Gasteiger partial charge in [-0.2, -0.15) is 0 Å². The molecule has 0 aliphatic heterocycles. The lowest BCUT2D eigenvalue weighted by molar-refractivity contribution is -0.111. The van der Waals surface area contributed by atoms with Gasteiger partial charge < -0.3 is 20.1 Å². The number of benzene rings is 3. The van der Waals surface area contributed by atoms with E-state index in [1.54, 1.807) is 30.3 Å². The zero-order valence-electron chi connectivity index (χ0n) is 19.1. The monoisotopic (exact) mass is 448 g/mol. The lowest BCUT2D eigenvalue weighted by Gasteiger charge is -2.16.